The topological polar surface area (TPSA) is 81.4 Å². The SMILES string of the molecule is CCNc1nc(C)nc2c1cnn2-c1ccncn1. The first-order valence-corrected chi connectivity index (χ1v) is 6.02. The smallest absolute Gasteiger partial charge is 0.170 e. The summed E-state index contributed by atoms with van der Waals surface area (Å²) in [7, 11) is 0. The molecule has 96 valence electrons. The Hall–Kier alpha value is -2.57. The fourth-order valence-electron chi connectivity index (χ4n) is 1.90. The standard InChI is InChI=1S/C12H13N7/c1-3-14-11-9-6-16-19(10-4-5-13-7-15-10)12(9)18-8(2)17-11/h4-7H,3H2,1-2H3,(H,14,17,18). The molecule has 0 saturated heterocycles. The molecule has 0 aliphatic heterocycles. The van der Waals surface area contributed by atoms with Crippen LogP contribution in [0.15, 0.2) is 24.8 Å². The molecule has 0 aromatic carbocycles. The van der Waals surface area contributed by atoms with E-state index < -0.39 is 0 Å². The molecule has 19 heavy (non-hydrogen) atoms. The first-order chi connectivity index (χ1) is 9.29. The maximum Gasteiger partial charge on any atom is 0.170 e. The van der Waals surface area contributed by atoms with Gasteiger partial charge in [-0.2, -0.15) is 9.78 Å². The quantitative estimate of drug-likeness (QED) is 0.760. The van der Waals surface area contributed by atoms with Crippen molar-refractivity contribution in [2.24, 2.45) is 0 Å². The Labute approximate surface area is 109 Å². The van der Waals surface area contributed by atoms with Gasteiger partial charge in [-0.15, -0.1) is 0 Å². The Morgan fingerprint density at radius 1 is 1.32 bits per heavy atom. The van der Waals surface area contributed by atoms with E-state index in [1.807, 2.05) is 13.8 Å². The fraction of sp³-hybridized carbons (Fsp3) is 0.250. The van der Waals surface area contributed by atoms with Gasteiger partial charge in [0.1, 0.15) is 18.0 Å². The molecule has 0 aliphatic rings. The molecule has 0 amide bonds. The maximum absolute atomic E-state index is 4.44. The van der Waals surface area contributed by atoms with Crippen LogP contribution >= 0.6 is 0 Å². The lowest BCUT2D eigenvalue weighted by molar-refractivity contribution is 0.850. The first kappa shape index (κ1) is 11.5. The van der Waals surface area contributed by atoms with Crippen molar-refractivity contribution in [2.45, 2.75) is 13.8 Å². The third-order valence-corrected chi connectivity index (χ3v) is 2.67. The summed E-state index contributed by atoms with van der Waals surface area (Å²) < 4.78 is 1.69. The van der Waals surface area contributed by atoms with E-state index in [4.69, 9.17) is 0 Å². The highest BCUT2D eigenvalue weighted by molar-refractivity contribution is 5.87. The van der Waals surface area contributed by atoms with E-state index in [9.17, 15) is 0 Å². The van der Waals surface area contributed by atoms with Crippen molar-refractivity contribution in [2.75, 3.05) is 11.9 Å². The average molecular weight is 255 g/mol. The number of hydrogen-bond donors (Lipinski definition) is 1. The van der Waals surface area contributed by atoms with Crippen molar-refractivity contribution < 1.29 is 0 Å². The predicted octanol–water partition coefficient (Wildman–Crippen LogP) is 1.35. The highest BCUT2D eigenvalue weighted by Crippen LogP contribution is 2.21. The summed E-state index contributed by atoms with van der Waals surface area (Å²) in [6.45, 7) is 4.68. The van der Waals surface area contributed by atoms with Crippen LogP contribution in [0.25, 0.3) is 16.9 Å². The van der Waals surface area contributed by atoms with Crippen LogP contribution in [0.5, 0.6) is 0 Å². The molecule has 3 aromatic rings. The lowest BCUT2D eigenvalue weighted by Gasteiger charge is -2.05. The van der Waals surface area contributed by atoms with E-state index in [1.165, 1.54) is 6.33 Å². The van der Waals surface area contributed by atoms with Crippen LogP contribution in [-0.2, 0) is 0 Å². The predicted molar refractivity (Wildman–Crippen MR) is 71.2 cm³/mol. The monoisotopic (exact) mass is 255 g/mol. The first-order valence-electron chi connectivity index (χ1n) is 6.02. The van der Waals surface area contributed by atoms with Gasteiger partial charge in [-0.25, -0.2) is 19.9 Å². The van der Waals surface area contributed by atoms with Gasteiger partial charge in [-0.3, -0.25) is 0 Å². The van der Waals surface area contributed by atoms with Gasteiger partial charge < -0.3 is 5.32 Å². The molecule has 0 fully saturated rings. The number of anilines is 1. The Bertz CT molecular complexity index is 705. The zero-order chi connectivity index (χ0) is 13.2. The van der Waals surface area contributed by atoms with Crippen LogP contribution in [0.3, 0.4) is 0 Å². The maximum atomic E-state index is 4.44. The van der Waals surface area contributed by atoms with Crippen LogP contribution in [-0.4, -0.2) is 36.3 Å². The second-order valence-electron chi connectivity index (χ2n) is 4.01. The molecule has 0 spiro atoms. The molecule has 0 saturated carbocycles. The van der Waals surface area contributed by atoms with Crippen molar-refractivity contribution in [1.82, 2.24) is 29.7 Å². The van der Waals surface area contributed by atoms with E-state index in [1.54, 1.807) is 23.1 Å². The van der Waals surface area contributed by atoms with E-state index in [0.29, 0.717) is 11.6 Å². The molecule has 3 aromatic heterocycles. The minimum Gasteiger partial charge on any atom is -0.370 e. The summed E-state index contributed by atoms with van der Waals surface area (Å²) in [6, 6.07) is 1.79. The van der Waals surface area contributed by atoms with Gasteiger partial charge in [-0.05, 0) is 13.8 Å². The van der Waals surface area contributed by atoms with Gasteiger partial charge in [0.15, 0.2) is 11.5 Å². The summed E-state index contributed by atoms with van der Waals surface area (Å²) in [5.41, 5.74) is 0.738. The zero-order valence-corrected chi connectivity index (χ0v) is 10.7. The third kappa shape index (κ3) is 1.99. The normalized spacial score (nSPS) is 10.8. The number of aryl methyl sites for hydroxylation is 1. The number of nitrogens with zero attached hydrogens (tertiary/aromatic N) is 6. The Morgan fingerprint density at radius 3 is 2.95 bits per heavy atom. The number of hydrogen-bond acceptors (Lipinski definition) is 6. The molecule has 7 heteroatoms. The number of nitrogens with one attached hydrogen (secondary N) is 1. The largest absolute Gasteiger partial charge is 0.370 e. The molecule has 0 bridgehead atoms. The molecule has 0 unspecified atom stereocenters. The van der Waals surface area contributed by atoms with Gasteiger partial charge in [0.2, 0.25) is 0 Å². The molecule has 7 nitrogen and oxygen atoms in total. The van der Waals surface area contributed by atoms with Gasteiger partial charge in [0.25, 0.3) is 0 Å². The highest BCUT2D eigenvalue weighted by atomic mass is 15.3. The molecule has 1 N–H and O–H groups in total. The van der Waals surface area contributed by atoms with Crippen LogP contribution in [0.2, 0.25) is 0 Å². The molecular weight excluding hydrogens is 242 g/mol. The molecule has 0 atom stereocenters. The van der Waals surface area contributed by atoms with Crippen LogP contribution < -0.4 is 5.32 Å². The summed E-state index contributed by atoms with van der Waals surface area (Å²) in [5, 5.41) is 8.43. The molecular formula is C12H13N7. The molecule has 0 radical (unpaired) electrons. The fourth-order valence-corrected chi connectivity index (χ4v) is 1.90. The number of aromatic nitrogens is 6. The summed E-state index contributed by atoms with van der Waals surface area (Å²) in [4.78, 5) is 16.9. The van der Waals surface area contributed by atoms with Crippen molar-refractivity contribution in [3.8, 4) is 5.82 Å². The molecule has 3 rings (SSSR count). The lowest BCUT2D eigenvalue weighted by Crippen LogP contribution is -2.05. The summed E-state index contributed by atoms with van der Waals surface area (Å²) in [6.07, 6.45) is 4.91. The molecule has 3 heterocycles. The highest BCUT2D eigenvalue weighted by Gasteiger charge is 2.12. The zero-order valence-electron chi connectivity index (χ0n) is 10.7. The van der Waals surface area contributed by atoms with Crippen molar-refractivity contribution in [3.05, 3.63) is 30.6 Å². The van der Waals surface area contributed by atoms with E-state index in [2.05, 4.69) is 30.4 Å². The second-order valence-corrected chi connectivity index (χ2v) is 4.01. The average Bonchev–Trinajstić information content (AvgIpc) is 2.84. The minimum atomic E-state index is 0.686. The van der Waals surface area contributed by atoms with Crippen molar-refractivity contribution in [1.29, 1.82) is 0 Å². The molecule has 0 aliphatic carbocycles. The lowest BCUT2D eigenvalue weighted by atomic mass is 10.3. The van der Waals surface area contributed by atoms with Crippen LogP contribution in [0.4, 0.5) is 5.82 Å². The van der Waals surface area contributed by atoms with Crippen LogP contribution in [0.1, 0.15) is 12.7 Å². The van der Waals surface area contributed by atoms with Gasteiger partial charge in [-0.1, -0.05) is 0 Å². The second kappa shape index (κ2) is 4.60. The number of rotatable bonds is 3. The van der Waals surface area contributed by atoms with Crippen LogP contribution in [0, 0.1) is 6.92 Å². The van der Waals surface area contributed by atoms with Gasteiger partial charge in [0.05, 0.1) is 11.6 Å². The third-order valence-electron chi connectivity index (χ3n) is 2.67. The minimum absolute atomic E-state index is 0.686. The van der Waals surface area contributed by atoms with E-state index in [0.717, 1.165) is 23.4 Å². The van der Waals surface area contributed by atoms with Crippen molar-refractivity contribution >= 4 is 16.9 Å². The Kier molecular flexibility index (Phi) is 2.79. The Morgan fingerprint density at radius 2 is 2.21 bits per heavy atom. The summed E-state index contributed by atoms with van der Waals surface area (Å²) in [5.74, 6) is 2.18. The summed E-state index contributed by atoms with van der Waals surface area (Å²) >= 11 is 0. The van der Waals surface area contributed by atoms with Gasteiger partial charge >= 0.3 is 0 Å². The van der Waals surface area contributed by atoms with Crippen molar-refractivity contribution in [3.63, 3.8) is 0 Å². The Balaban J connectivity index is 2.23. The van der Waals surface area contributed by atoms with E-state index >= 15 is 0 Å². The number of fused-ring (bicyclic) bond motifs is 1. The van der Waals surface area contributed by atoms with E-state index in [-0.39, 0.29) is 0 Å². The van der Waals surface area contributed by atoms with Gasteiger partial charge in [0, 0.05) is 18.8 Å².